The largest absolute Gasteiger partial charge is 0.441 e. The Morgan fingerprint density at radius 2 is 2.27 bits per heavy atom. The van der Waals surface area contributed by atoms with E-state index < -0.39 is 0 Å². The van der Waals surface area contributed by atoms with Crippen LogP contribution < -0.4 is 5.32 Å². The Hall–Kier alpha value is -1.35. The van der Waals surface area contributed by atoms with Crippen LogP contribution in [0.25, 0.3) is 11.1 Å². The van der Waals surface area contributed by atoms with Crippen LogP contribution in [0.3, 0.4) is 0 Å². The number of rotatable bonds is 4. The van der Waals surface area contributed by atoms with Crippen molar-refractivity contribution in [1.82, 2.24) is 10.3 Å². The maximum atomic E-state index is 5.64. The molecule has 80 valence electrons. The van der Waals surface area contributed by atoms with Gasteiger partial charge in [0.05, 0.1) is 0 Å². The van der Waals surface area contributed by atoms with Crippen LogP contribution in [-0.4, -0.2) is 18.1 Å². The summed E-state index contributed by atoms with van der Waals surface area (Å²) in [5.74, 6) is 0.816. The summed E-state index contributed by atoms with van der Waals surface area (Å²) in [4.78, 5) is 4.42. The Labute approximate surface area is 89.5 Å². The number of nitrogens with zero attached hydrogens (tertiary/aromatic N) is 1. The van der Waals surface area contributed by atoms with E-state index in [2.05, 4.69) is 30.2 Å². The molecule has 0 unspecified atom stereocenters. The molecule has 0 bridgehead atoms. The number of oxazole rings is 1. The van der Waals surface area contributed by atoms with Crippen LogP contribution in [0.2, 0.25) is 0 Å². The summed E-state index contributed by atoms with van der Waals surface area (Å²) in [6.45, 7) is 6.05. The Balaban J connectivity index is 2.16. The minimum Gasteiger partial charge on any atom is -0.441 e. The molecule has 2 rings (SSSR count). The summed E-state index contributed by atoms with van der Waals surface area (Å²) < 4.78 is 5.64. The van der Waals surface area contributed by atoms with Crippen molar-refractivity contribution >= 4 is 11.1 Å². The van der Waals surface area contributed by atoms with Crippen LogP contribution in [0.5, 0.6) is 0 Å². The second kappa shape index (κ2) is 4.45. The lowest BCUT2D eigenvalue weighted by molar-refractivity contribution is 0.517. The number of aromatic nitrogens is 1. The van der Waals surface area contributed by atoms with Crippen molar-refractivity contribution < 1.29 is 4.42 Å². The number of benzene rings is 1. The standard InChI is InChI=1S/C12H16N2O/c1-3-13-7-6-12-14-10-5-4-9(2)8-11(10)15-12/h4-5,8,13H,3,6-7H2,1-2H3. The van der Waals surface area contributed by atoms with E-state index in [1.807, 2.05) is 12.1 Å². The molecule has 0 aliphatic carbocycles. The molecule has 0 aliphatic rings. The molecule has 2 aromatic rings. The highest BCUT2D eigenvalue weighted by molar-refractivity contribution is 5.73. The van der Waals surface area contributed by atoms with Gasteiger partial charge in [-0.2, -0.15) is 0 Å². The molecule has 0 saturated carbocycles. The van der Waals surface area contributed by atoms with Gasteiger partial charge in [-0.1, -0.05) is 13.0 Å². The zero-order chi connectivity index (χ0) is 10.7. The van der Waals surface area contributed by atoms with Gasteiger partial charge in [0.2, 0.25) is 0 Å². The Morgan fingerprint density at radius 1 is 1.40 bits per heavy atom. The first kappa shape index (κ1) is 10.2. The first-order chi connectivity index (χ1) is 7.29. The molecular weight excluding hydrogens is 188 g/mol. The zero-order valence-electron chi connectivity index (χ0n) is 9.21. The maximum absolute atomic E-state index is 5.64. The molecule has 0 amide bonds. The van der Waals surface area contributed by atoms with Crippen LogP contribution in [0.1, 0.15) is 18.4 Å². The van der Waals surface area contributed by atoms with E-state index in [4.69, 9.17) is 4.42 Å². The molecule has 1 aromatic heterocycles. The number of hydrogen-bond acceptors (Lipinski definition) is 3. The third kappa shape index (κ3) is 2.36. The maximum Gasteiger partial charge on any atom is 0.196 e. The lowest BCUT2D eigenvalue weighted by atomic mass is 10.2. The molecule has 1 N–H and O–H groups in total. The van der Waals surface area contributed by atoms with E-state index in [-0.39, 0.29) is 0 Å². The van der Waals surface area contributed by atoms with E-state index in [0.29, 0.717) is 0 Å². The van der Waals surface area contributed by atoms with Crippen LogP contribution in [0, 0.1) is 6.92 Å². The molecule has 0 fully saturated rings. The fourth-order valence-electron chi connectivity index (χ4n) is 1.56. The minimum absolute atomic E-state index is 0.816. The zero-order valence-corrected chi connectivity index (χ0v) is 9.21. The molecule has 1 aromatic carbocycles. The molecule has 0 saturated heterocycles. The van der Waals surface area contributed by atoms with Crippen LogP contribution in [0.15, 0.2) is 22.6 Å². The predicted octanol–water partition coefficient (Wildman–Crippen LogP) is 2.29. The van der Waals surface area contributed by atoms with E-state index in [9.17, 15) is 0 Å². The second-order valence-corrected chi connectivity index (χ2v) is 3.68. The van der Waals surface area contributed by atoms with Gasteiger partial charge in [0.15, 0.2) is 11.5 Å². The van der Waals surface area contributed by atoms with Gasteiger partial charge >= 0.3 is 0 Å². The normalized spacial score (nSPS) is 11.1. The van der Waals surface area contributed by atoms with Crippen molar-refractivity contribution in [2.24, 2.45) is 0 Å². The van der Waals surface area contributed by atoms with Crippen molar-refractivity contribution in [3.63, 3.8) is 0 Å². The van der Waals surface area contributed by atoms with Crippen LogP contribution in [-0.2, 0) is 6.42 Å². The third-order valence-electron chi connectivity index (χ3n) is 2.35. The van der Waals surface area contributed by atoms with Crippen LogP contribution >= 0.6 is 0 Å². The third-order valence-corrected chi connectivity index (χ3v) is 2.35. The van der Waals surface area contributed by atoms with E-state index in [0.717, 1.165) is 36.5 Å². The summed E-state index contributed by atoms with van der Waals surface area (Å²) in [5, 5.41) is 3.25. The van der Waals surface area contributed by atoms with Gasteiger partial charge in [0.25, 0.3) is 0 Å². The van der Waals surface area contributed by atoms with Crippen molar-refractivity contribution in [3.05, 3.63) is 29.7 Å². The van der Waals surface area contributed by atoms with Gasteiger partial charge in [-0.25, -0.2) is 4.98 Å². The SMILES string of the molecule is CCNCCc1nc2ccc(C)cc2o1. The molecular formula is C12H16N2O. The monoisotopic (exact) mass is 204 g/mol. The van der Waals surface area contributed by atoms with Crippen molar-refractivity contribution in [1.29, 1.82) is 0 Å². The molecule has 0 spiro atoms. The summed E-state index contributed by atoms with van der Waals surface area (Å²) in [6, 6.07) is 6.09. The quantitative estimate of drug-likeness (QED) is 0.776. The average Bonchev–Trinajstić information content (AvgIpc) is 2.60. The van der Waals surface area contributed by atoms with E-state index >= 15 is 0 Å². The fraction of sp³-hybridized carbons (Fsp3) is 0.417. The number of likely N-dealkylation sites (N-methyl/N-ethyl adjacent to an activating group) is 1. The van der Waals surface area contributed by atoms with Crippen molar-refractivity contribution in [3.8, 4) is 0 Å². The number of hydrogen-bond donors (Lipinski definition) is 1. The molecule has 0 aliphatic heterocycles. The van der Waals surface area contributed by atoms with Crippen molar-refractivity contribution in [2.75, 3.05) is 13.1 Å². The van der Waals surface area contributed by atoms with Gasteiger partial charge in [0.1, 0.15) is 5.52 Å². The minimum atomic E-state index is 0.816. The lowest BCUT2D eigenvalue weighted by Crippen LogP contribution is -2.16. The first-order valence-electron chi connectivity index (χ1n) is 5.36. The fourth-order valence-corrected chi connectivity index (χ4v) is 1.56. The summed E-state index contributed by atoms with van der Waals surface area (Å²) in [6.07, 6.45) is 0.849. The smallest absolute Gasteiger partial charge is 0.196 e. The van der Waals surface area contributed by atoms with Gasteiger partial charge in [-0.05, 0) is 31.2 Å². The van der Waals surface area contributed by atoms with Crippen LogP contribution in [0.4, 0.5) is 0 Å². The summed E-state index contributed by atoms with van der Waals surface area (Å²) in [7, 11) is 0. The summed E-state index contributed by atoms with van der Waals surface area (Å²) in [5.41, 5.74) is 3.05. The van der Waals surface area contributed by atoms with E-state index in [1.54, 1.807) is 0 Å². The average molecular weight is 204 g/mol. The predicted molar refractivity (Wildman–Crippen MR) is 61.0 cm³/mol. The van der Waals surface area contributed by atoms with Gasteiger partial charge < -0.3 is 9.73 Å². The number of fused-ring (bicyclic) bond motifs is 1. The Kier molecular flexibility index (Phi) is 3.02. The Bertz CT molecular complexity index is 448. The highest BCUT2D eigenvalue weighted by atomic mass is 16.3. The molecule has 1 heterocycles. The highest BCUT2D eigenvalue weighted by Crippen LogP contribution is 2.16. The lowest BCUT2D eigenvalue weighted by Gasteiger charge is -1.95. The van der Waals surface area contributed by atoms with Crippen molar-refractivity contribution in [2.45, 2.75) is 20.3 Å². The summed E-state index contributed by atoms with van der Waals surface area (Å²) >= 11 is 0. The number of aryl methyl sites for hydroxylation is 1. The van der Waals surface area contributed by atoms with Gasteiger partial charge in [-0.15, -0.1) is 0 Å². The first-order valence-corrected chi connectivity index (χ1v) is 5.36. The molecule has 15 heavy (non-hydrogen) atoms. The topological polar surface area (TPSA) is 38.1 Å². The number of nitrogens with one attached hydrogen (secondary N) is 1. The highest BCUT2D eigenvalue weighted by Gasteiger charge is 2.04. The second-order valence-electron chi connectivity index (χ2n) is 3.68. The Morgan fingerprint density at radius 3 is 3.07 bits per heavy atom. The molecule has 3 nitrogen and oxygen atoms in total. The van der Waals surface area contributed by atoms with E-state index in [1.165, 1.54) is 5.56 Å². The van der Waals surface area contributed by atoms with Gasteiger partial charge in [-0.3, -0.25) is 0 Å². The molecule has 0 atom stereocenters. The molecule has 0 radical (unpaired) electrons. The van der Waals surface area contributed by atoms with Gasteiger partial charge in [0, 0.05) is 13.0 Å². The molecule has 3 heteroatoms.